The summed E-state index contributed by atoms with van der Waals surface area (Å²) >= 11 is 0. The number of aryl methyl sites for hydroxylation is 1. The van der Waals surface area contributed by atoms with Crippen molar-refractivity contribution < 1.29 is 28.5 Å². The lowest BCUT2D eigenvalue weighted by atomic mass is 9.96. The molecule has 1 aliphatic rings. The number of carbonyl (C=O) groups is 1. The fourth-order valence-corrected chi connectivity index (χ4v) is 4.09. The highest BCUT2D eigenvalue weighted by atomic mass is 16.5. The molecule has 3 rings (SSSR count). The van der Waals surface area contributed by atoms with Crippen LogP contribution in [0.3, 0.4) is 0 Å². The van der Waals surface area contributed by atoms with Crippen LogP contribution in [0.5, 0.6) is 23.0 Å². The lowest BCUT2D eigenvalue weighted by Crippen LogP contribution is -2.13. The molecule has 0 N–H and O–H groups in total. The predicted octanol–water partition coefficient (Wildman–Crippen LogP) is 4.47. The van der Waals surface area contributed by atoms with Gasteiger partial charge in [0.25, 0.3) is 0 Å². The van der Waals surface area contributed by atoms with Gasteiger partial charge in [0, 0.05) is 17.5 Å². The fraction of sp³-hybridized carbons (Fsp3) is 0.440. The molecule has 0 aromatic heterocycles. The van der Waals surface area contributed by atoms with Crippen LogP contribution in [0.25, 0.3) is 11.1 Å². The van der Waals surface area contributed by atoms with Crippen molar-refractivity contribution in [3.8, 4) is 34.1 Å². The molecular formula is C25H30O7. The van der Waals surface area contributed by atoms with Gasteiger partial charge in [0.2, 0.25) is 11.2 Å². The van der Waals surface area contributed by atoms with Crippen LogP contribution >= 0.6 is 0 Å². The van der Waals surface area contributed by atoms with Crippen molar-refractivity contribution in [3.63, 3.8) is 0 Å². The van der Waals surface area contributed by atoms with Crippen molar-refractivity contribution in [2.45, 2.75) is 45.1 Å². The maximum Gasteiger partial charge on any atom is 0.306 e. The van der Waals surface area contributed by atoms with Gasteiger partial charge in [0.05, 0.1) is 28.4 Å². The molecule has 0 heterocycles. The Morgan fingerprint density at radius 3 is 2.31 bits per heavy atom. The predicted molar refractivity (Wildman–Crippen MR) is 121 cm³/mol. The Morgan fingerprint density at radius 1 is 0.969 bits per heavy atom. The summed E-state index contributed by atoms with van der Waals surface area (Å²) < 4.78 is 28.0. The summed E-state index contributed by atoms with van der Waals surface area (Å²) in [6.07, 6.45) is 2.53. The van der Waals surface area contributed by atoms with Gasteiger partial charge in [-0.3, -0.25) is 9.59 Å². The monoisotopic (exact) mass is 442 g/mol. The Bertz CT molecular complexity index is 1050. The van der Waals surface area contributed by atoms with Gasteiger partial charge in [-0.2, -0.15) is 0 Å². The van der Waals surface area contributed by atoms with E-state index in [2.05, 4.69) is 0 Å². The number of hydrogen-bond donors (Lipinski definition) is 0. The molecule has 0 amide bonds. The van der Waals surface area contributed by atoms with Crippen molar-refractivity contribution >= 4 is 5.97 Å². The fourth-order valence-electron chi connectivity index (χ4n) is 4.09. The van der Waals surface area contributed by atoms with Gasteiger partial charge in [-0.25, -0.2) is 0 Å². The van der Waals surface area contributed by atoms with E-state index in [1.165, 1.54) is 13.2 Å². The Morgan fingerprint density at radius 2 is 1.69 bits per heavy atom. The third kappa shape index (κ3) is 4.52. The van der Waals surface area contributed by atoms with Gasteiger partial charge < -0.3 is 23.7 Å². The summed E-state index contributed by atoms with van der Waals surface area (Å²) in [7, 11) is 6.13. The molecule has 1 aliphatic carbocycles. The smallest absolute Gasteiger partial charge is 0.306 e. The molecule has 0 fully saturated rings. The Hall–Kier alpha value is -3.22. The maximum absolute atomic E-state index is 12.8. The molecule has 7 heteroatoms. The topological polar surface area (TPSA) is 80.3 Å². The highest BCUT2D eigenvalue weighted by molar-refractivity contribution is 5.83. The number of fused-ring (bicyclic) bond motifs is 3. The van der Waals surface area contributed by atoms with Gasteiger partial charge in [-0.1, -0.05) is 13.3 Å². The highest BCUT2D eigenvalue weighted by Crippen LogP contribution is 2.50. The van der Waals surface area contributed by atoms with Crippen LogP contribution in [0.2, 0.25) is 0 Å². The summed E-state index contributed by atoms with van der Waals surface area (Å²) in [6.45, 7) is 2.02. The average molecular weight is 443 g/mol. The zero-order valence-electron chi connectivity index (χ0n) is 19.3. The molecule has 0 saturated heterocycles. The Balaban J connectivity index is 2.28. The van der Waals surface area contributed by atoms with Crippen LogP contribution in [-0.2, 0) is 16.0 Å². The van der Waals surface area contributed by atoms with E-state index < -0.39 is 6.10 Å². The van der Waals surface area contributed by atoms with Crippen molar-refractivity contribution in [2.24, 2.45) is 0 Å². The van der Waals surface area contributed by atoms with Crippen LogP contribution in [0.15, 0.2) is 29.1 Å². The van der Waals surface area contributed by atoms with E-state index in [9.17, 15) is 9.59 Å². The zero-order valence-corrected chi connectivity index (χ0v) is 19.3. The minimum absolute atomic E-state index is 0.204. The summed E-state index contributed by atoms with van der Waals surface area (Å²) in [5.41, 5.74) is 2.79. The first-order chi connectivity index (χ1) is 15.5. The SMILES string of the molecule is CCCCC(=O)O[C@@H]1CCc2cc(OC)c(OC)c(OC)c2-c2ccc(OC)c(=O)cc21. The number of unbranched alkanes of at least 4 members (excludes halogenated alkanes) is 1. The summed E-state index contributed by atoms with van der Waals surface area (Å²) in [5.74, 6) is 1.43. The molecule has 0 bridgehead atoms. The largest absolute Gasteiger partial charge is 0.493 e. The van der Waals surface area contributed by atoms with E-state index in [1.807, 2.05) is 13.0 Å². The van der Waals surface area contributed by atoms with E-state index in [1.54, 1.807) is 33.5 Å². The summed E-state index contributed by atoms with van der Waals surface area (Å²) in [4.78, 5) is 25.3. The first kappa shape index (κ1) is 23.4. The number of benzene rings is 1. The van der Waals surface area contributed by atoms with Crippen molar-refractivity contribution in [1.29, 1.82) is 0 Å². The average Bonchev–Trinajstić information content (AvgIpc) is 3.04. The van der Waals surface area contributed by atoms with Gasteiger partial charge in [-0.05, 0) is 54.7 Å². The van der Waals surface area contributed by atoms with Crippen LogP contribution in [0.1, 0.15) is 49.8 Å². The molecule has 0 spiro atoms. The molecule has 1 atom stereocenters. The zero-order chi connectivity index (χ0) is 23.3. The lowest BCUT2D eigenvalue weighted by Gasteiger charge is -2.19. The minimum Gasteiger partial charge on any atom is -0.493 e. The van der Waals surface area contributed by atoms with Crippen LogP contribution in [0, 0.1) is 0 Å². The van der Waals surface area contributed by atoms with Gasteiger partial charge in [-0.15, -0.1) is 0 Å². The van der Waals surface area contributed by atoms with E-state index in [-0.39, 0.29) is 17.1 Å². The number of ether oxygens (including phenoxy) is 5. The standard InChI is InChI=1S/C25H30O7/c1-6-7-8-22(27)32-19-11-9-15-13-21(29-3)24(30-4)25(31-5)23(15)16-10-12-20(28-2)18(26)14-17(16)19/h10,12-14,19H,6-9,11H2,1-5H3/t19-/m1/s1. The number of carbonyl (C=O) groups excluding carboxylic acids is 1. The molecule has 172 valence electrons. The molecule has 32 heavy (non-hydrogen) atoms. The van der Waals surface area contributed by atoms with Gasteiger partial charge >= 0.3 is 5.97 Å². The molecule has 2 aromatic carbocycles. The quantitative estimate of drug-likeness (QED) is 0.558. The van der Waals surface area contributed by atoms with Gasteiger partial charge in [0.1, 0.15) is 6.10 Å². The second-order valence-corrected chi connectivity index (χ2v) is 7.58. The van der Waals surface area contributed by atoms with E-state index >= 15 is 0 Å². The molecule has 0 unspecified atom stereocenters. The number of esters is 1. The van der Waals surface area contributed by atoms with Crippen LogP contribution in [0.4, 0.5) is 0 Å². The first-order valence-electron chi connectivity index (χ1n) is 10.7. The second kappa shape index (κ2) is 10.4. The van der Waals surface area contributed by atoms with Crippen LogP contribution in [-0.4, -0.2) is 34.4 Å². The summed E-state index contributed by atoms with van der Waals surface area (Å²) in [5, 5.41) is 0. The third-order valence-corrected chi connectivity index (χ3v) is 5.67. The molecule has 2 aromatic rings. The molecule has 0 aliphatic heterocycles. The lowest BCUT2D eigenvalue weighted by molar-refractivity contribution is -0.149. The minimum atomic E-state index is -0.576. The first-order valence-corrected chi connectivity index (χ1v) is 10.7. The Kier molecular flexibility index (Phi) is 7.62. The molecule has 0 radical (unpaired) electrons. The van der Waals surface area contributed by atoms with Crippen molar-refractivity contribution in [3.05, 3.63) is 45.6 Å². The number of methoxy groups -OCH3 is 4. The van der Waals surface area contributed by atoms with Crippen LogP contribution < -0.4 is 24.4 Å². The molecular weight excluding hydrogens is 412 g/mol. The number of rotatable bonds is 8. The highest BCUT2D eigenvalue weighted by Gasteiger charge is 2.30. The van der Waals surface area contributed by atoms with Gasteiger partial charge in [0.15, 0.2) is 17.2 Å². The molecule has 7 nitrogen and oxygen atoms in total. The third-order valence-electron chi connectivity index (χ3n) is 5.67. The van der Waals surface area contributed by atoms with E-state index in [0.29, 0.717) is 42.1 Å². The van der Waals surface area contributed by atoms with E-state index in [0.717, 1.165) is 29.5 Å². The Labute approximate surface area is 188 Å². The second-order valence-electron chi connectivity index (χ2n) is 7.58. The van der Waals surface area contributed by atoms with Crippen molar-refractivity contribution in [1.82, 2.24) is 0 Å². The maximum atomic E-state index is 12.8. The normalized spacial score (nSPS) is 14.5. The summed E-state index contributed by atoms with van der Waals surface area (Å²) in [6, 6.07) is 6.84. The number of hydrogen-bond acceptors (Lipinski definition) is 7. The van der Waals surface area contributed by atoms with Crippen molar-refractivity contribution in [2.75, 3.05) is 28.4 Å². The van der Waals surface area contributed by atoms with E-state index in [4.69, 9.17) is 23.7 Å². The molecule has 0 saturated carbocycles.